The second-order valence-corrected chi connectivity index (χ2v) is 9.75. The summed E-state index contributed by atoms with van der Waals surface area (Å²) < 4.78 is 0. The van der Waals surface area contributed by atoms with Gasteiger partial charge in [-0.05, 0) is 56.2 Å². The van der Waals surface area contributed by atoms with Gasteiger partial charge in [-0.2, -0.15) is 10.2 Å². The minimum Gasteiger partial charge on any atom is -0.507 e. The molecule has 1 fully saturated rings. The molecule has 0 unspecified atom stereocenters. The fourth-order valence-corrected chi connectivity index (χ4v) is 4.58. The van der Waals surface area contributed by atoms with Crippen molar-refractivity contribution in [3.8, 4) is 28.1 Å². The number of amides is 1. The van der Waals surface area contributed by atoms with E-state index in [1.807, 2.05) is 29.2 Å². The lowest BCUT2D eigenvalue weighted by Gasteiger charge is -2.54. The lowest BCUT2D eigenvalue weighted by Crippen LogP contribution is -2.60. The highest BCUT2D eigenvalue weighted by Gasteiger charge is 2.48. The Morgan fingerprint density at radius 2 is 1.97 bits per heavy atom. The van der Waals surface area contributed by atoms with E-state index in [-0.39, 0.29) is 22.6 Å². The molecule has 34 heavy (non-hydrogen) atoms. The van der Waals surface area contributed by atoms with Crippen molar-refractivity contribution >= 4 is 12.0 Å². The van der Waals surface area contributed by atoms with Gasteiger partial charge in [-0.3, -0.25) is 9.89 Å². The standard InChI is InChI=1S/C26H32N6O2/c1-25(2)19(10-12-32(26(25,3)4)24(34)9-11-27)14-20-6-8-22(31-30-20)21-7-5-17(13-23(21)33)18-15-28-29-16-18/h5-8,13-16,33H,9-12,27H2,1-4H3,(H,28,29). The van der Waals surface area contributed by atoms with Crippen LogP contribution in [0.1, 0.15) is 46.2 Å². The smallest absolute Gasteiger partial charge is 0.224 e. The number of hydrogen-bond acceptors (Lipinski definition) is 6. The van der Waals surface area contributed by atoms with Crippen molar-refractivity contribution in [3.05, 3.63) is 54.0 Å². The highest BCUT2D eigenvalue weighted by Crippen LogP contribution is 2.47. The van der Waals surface area contributed by atoms with Gasteiger partial charge in [0.05, 0.1) is 17.6 Å². The van der Waals surface area contributed by atoms with Crippen LogP contribution in [0.5, 0.6) is 5.75 Å². The van der Waals surface area contributed by atoms with E-state index in [0.29, 0.717) is 30.8 Å². The number of phenolic OH excluding ortho intramolecular Hbond substituents is 1. The van der Waals surface area contributed by atoms with Gasteiger partial charge in [0.25, 0.3) is 0 Å². The summed E-state index contributed by atoms with van der Waals surface area (Å²) in [4.78, 5) is 14.6. The Bertz CT molecular complexity index is 1200. The Labute approximate surface area is 199 Å². The highest BCUT2D eigenvalue weighted by molar-refractivity contribution is 5.78. The van der Waals surface area contributed by atoms with E-state index in [0.717, 1.165) is 23.2 Å². The monoisotopic (exact) mass is 460 g/mol. The van der Waals surface area contributed by atoms with Crippen LogP contribution in [0.25, 0.3) is 28.5 Å². The molecule has 1 aromatic carbocycles. The normalized spacial score (nSPS) is 18.3. The molecule has 8 heteroatoms. The van der Waals surface area contributed by atoms with Crippen LogP contribution in [-0.2, 0) is 4.79 Å². The van der Waals surface area contributed by atoms with Gasteiger partial charge in [-0.15, -0.1) is 5.10 Å². The maximum Gasteiger partial charge on any atom is 0.224 e. The zero-order valence-corrected chi connectivity index (χ0v) is 20.2. The Hall–Kier alpha value is -3.52. The molecule has 1 aliphatic rings. The van der Waals surface area contributed by atoms with E-state index in [4.69, 9.17) is 5.73 Å². The van der Waals surface area contributed by atoms with E-state index >= 15 is 0 Å². The molecule has 3 aromatic rings. The number of likely N-dealkylation sites (tertiary alicyclic amines) is 1. The van der Waals surface area contributed by atoms with E-state index in [2.05, 4.69) is 54.2 Å². The summed E-state index contributed by atoms with van der Waals surface area (Å²) >= 11 is 0. The number of nitrogens with one attached hydrogen (secondary N) is 1. The molecule has 0 saturated carbocycles. The van der Waals surface area contributed by atoms with Gasteiger partial charge < -0.3 is 15.7 Å². The number of aromatic hydroxyl groups is 1. The number of hydrogen-bond donors (Lipinski definition) is 3. The number of carbonyl (C=O) groups is 1. The molecule has 0 atom stereocenters. The SMILES string of the molecule is CC1(C)C(=Cc2ccc(-c3ccc(-c4cn[nH]c4)cc3O)nn2)CCN(C(=O)CCN)C1(C)C. The summed E-state index contributed by atoms with van der Waals surface area (Å²) in [5.74, 6) is 0.235. The molecule has 4 N–H and O–H groups in total. The number of aromatic amines is 1. The van der Waals surface area contributed by atoms with Crippen LogP contribution in [0.4, 0.5) is 0 Å². The summed E-state index contributed by atoms with van der Waals surface area (Å²) in [7, 11) is 0. The average Bonchev–Trinajstić information content (AvgIpc) is 3.33. The first kappa shape index (κ1) is 23.6. The van der Waals surface area contributed by atoms with Crippen molar-refractivity contribution in [2.24, 2.45) is 11.1 Å². The molecule has 8 nitrogen and oxygen atoms in total. The van der Waals surface area contributed by atoms with Gasteiger partial charge in [-0.1, -0.05) is 25.5 Å². The number of phenols is 1. The van der Waals surface area contributed by atoms with Crippen LogP contribution >= 0.6 is 0 Å². The number of piperidine rings is 1. The summed E-state index contributed by atoms with van der Waals surface area (Å²) in [6.45, 7) is 9.57. The maximum absolute atomic E-state index is 12.6. The van der Waals surface area contributed by atoms with Gasteiger partial charge in [-0.25, -0.2) is 0 Å². The largest absolute Gasteiger partial charge is 0.507 e. The highest BCUT2D eigenvalue weighted by atomic mass is 16.3. The fourth-order valence-electron chi connectivity index (χ4n) is 4.58. The Morgan fingerprint density at radius 3 is 2.59 bits per heavy atom. The topological polar surface area (TPSA) is 121 Å². The molecule has 1 saturated heterocycles. The molecule has 0 spiro atoms. The molecular weight excluding hydrogens is 428 g/mol. The van der Waals surface area contributed by atoms with Crippen molar-refractivity contribution in [2.45, 2.75) is 46.1 Å². The van der Waals surface area contributed by atoms with Crippen molar-refractivity contribution in [3.63, 3.8) is 0 Å². The third-order valence-electron chi connectivity index (χ3n) is 7.38. The average molecular weight is 461 g/mol. The van der Waals surface area contributed by atoms with Crippen molar-refractivity contribution < 1.29 is 9.90 Å². The molecule has 1 amide bonds. The van der Waals surface area contributed by atoms with E-state index < -0.39 is 0 Å². The number of aromatic nitrogens is 4. The van der Waals surface area contributed by atoms with Crippen LogP contribution in [0, 0.1) is 5.41 Å². The van der Waals surface area contributed by atoms with Crippen molar-refractivity contribution in [2.75, 3.05) is 13.1 Å². The molecule has 4 rings (SSSR count). The van der Waals surface area contributed by atoms with Crippen LogP contribution in [0.2, 0.25) is 0 Å². The molecule has 0 radical (unpaired) electrons. The van der Waals surface area contributed by atoms with Gasteiger partial charge >= 0.3 is 0 Å². The lowest BCUT2D eigenvalue weighted by atomic mass is 9.64. The molecule has 1 aliphatic heterocycles. The first-order valence-corrected chi connectivity index (χ1v) is 11.5. The van der Waals surface area contributed by atoms with Crippen LogP contribution < -0.4 is 5.73 Å². The van der Waals surface area contributed by atoms with Crippen LogP contribution in [-0.4, -0.2) is 54.9 Å². The summed E-state index contributed by atoms with van der Waals surface area (Å²) in [6.07, 6.45) is 6.69. The number of nitrogens with zero attached hydrogens (tertiary/aromatic N) is 4. The predicted molar refractivity (Wildman–Crippen MR) is 133 cm³/mol. The number of nitrogens with two attached hydrogens (primary N) is 1. The minimum absolute atomic E-state index is 0.0994. The molecule has 0 aliphatic carbocycles. The van der Waals surface area contributed by atoms with Crippen LogP contribution in [0.15, 0.2) is 48.3 Å². The van der Waals surface area contributed by atoms with Gasteiger partial charge in [0.1, 0.15) is 5.75 Å². The molecule has 2 aromatic heterocycles. The second kappa shape index (κ2) is 9.02. The van der Waals surface area contributed by atoms with Gasteiger partial charge in [0.2, 0.25) is 5.91 Å². The summed E-state index contributed by atoms with van der Waals surface area (Å²) in [5.41, 5.74) is 9.96. The number of H-pyrrole nitrogens is 1. The molecule has 0 bridgehead atoms. The quantitative estimate of drug-likeness (QED) is 0.529. The number of carbonyl (C=O) groups excluding carboxylic acids is 1. The lowest BCUT2D eigenvalue weighted by molar-refractivity contribution is -0.142. The molecule has 3 heterocycles. The van der Waals surface area contributed by atoms with Gasteiger partial charge in [0.15, 0.2) is 0 Å². The third-order valence-corrected chi connectivity index (χ3v) is 7.38. The number of rotatable bonds is 5. The molecular formula is C26H32N6O2. The Kier molecular flexibility index (Phi) is 6.27. The predicted octanol–water partition coefficient (Wildman–Crippen LogP) is 4.01. The number of benzene rings is 1. The second-order valence-electron chi connectivity index (χ2n) is 9.75. The van der Waals surface area contributed by atoms with Crippen molar-refractivity contribution in [1.82, 2.24) is 25.3 Å². The Morgan fingerprint density at radius 1 is 1.18 bits per heavy atom. The first-order valence-electron chi connectivity index (χ1n) is 11.5. The van der Waals surface area contributed by atoms with E-state index in [1.54, 1.807) is 18.5 Å². The Balaban J connectivity index is 1.57. The van der Waals surface area contributed by atoms with Gasteiger partial charge in [0, 0.05) is 47.8 Å². The maximum atomic E-state index is 12.6. The summed E-state index contributed by atoms with van der Waals surface area (Å²) in [5, 5.41) is 26.1. The molecule has 178 valence electrons. The fraction of sp³-hybridized carbons (Fsp3) is 0.385. The van der Waals surface area contributed by atoms with Crippen molar-refractivity contribution in [1.29, 1.82) is 0 Å². The van der Waals surface area contributed by atoms with Crippen LogP contribution in [0.3, 0.4) is 0 Å². The third kappa shape index (κ3) is 4.21. The summed E-state index contributed by atoms with van der Waals surface area (Å²) in [6, 6.07) is 9.22. The zero-order valence-electron chi connectivity index (χ0n) is 20.2. The first-order chi connectivity index (χ1) is 16.1. The van der Waals surface area contributed by atoms with E-state index in [1.165, 1.54) is 5.57 Å². The zero-order chi connectivity index (χ0) is 24.5. The van der Waals surface area contributed by atoms with E-state index in [9.17, 15) is 9.90 Å². The minimum atomic E-state index is -0.362.